The van der Waals surface area contributed by atoms with Crippen LogP contribution in [0.2, 0.25) is 0 Å². The Morgan fingerprint density at radius 3 is 2.38 bits per heavy atom. The Bertz CT molecular complexity index is 1010. The number of halogens is 1. The summed E-state index contributed by atoms with van der Waals surface area (Å²) in [6.45, 7) is 1.95. The van der Waals surface area contributed by atoms with Crippen molar-refractivity contribution in [2.75, 3.05) is 0 Å². The maximum absolute atomic E-state index is 13.3. The Kier molecular flexibility index (Phi) is 6.19. The van der Waals surface area contributed by atoms with E-state index in [1.54, 1.807) is 48.9 Å². The highest BCUT2D eigenvalue weighted by Gasteiger charge is 2.15. The number of amides is 1. The van der Waals surface area contributed by atoms with E-state index in [-0.39, 0.29) is 5.82 Å². The minimum atomic E-state index is -1.10. The number of carboxylic acids is 1. The van der Waals surface area contributed by atoms with Crippen molar-refractivity contribution < 1.29 is 19.1 Å². The minimum absolute atomic E-state index is 0.304. The number of benzene rings is 2. The van der Waals surface area contributed by atoms with Crippen LogP contribution in [0, 0.1) is 5.82 Å². The molecular formula is C22H20FN3O3. The topological polar surface area (TPSA) is 84.2 Å². The number of hydrogen-bond donors (Lipinski definition) is 2. The molecule has 0 bridgehead atoms. The van der Waals surface area contributed by atoms with Gasteiger partial charge in [0, 0.05) is 24.5 Å². The molecule has 1 atom stereocenters. The number of carbonyl (C=O) groups is 2. The molecule has 0 aliphatic rings. The molecule has 6 nitrogen and oxygen atoms in total. The van der Waals surface area contributed by atoms with Crippen LogP contribution in [-0.2, 0) is 11.3 Å². The lowest BCUT2D eigenvalue weighted by atomic mass is 10.0. The third-order valence-corrected chi connectivity index (χ3v) is 4.36. The molecule has 0 fully saturated rings. The molecule has 2 N–H and O–H groups in total. The second-order valence-electron chi connectivity index (χ2n) is 6.57. The largest absolute Gasteiger partial charge is 0.480 e. The highest BCUT2D eigenvalue weighted by molar-refractivity contribution is 5.96. The van der Waals surface area contributed by atoms with Crippen LogP contribution in [-0.4, -0.2) is 32.6 Å². The van der Waals surface area contributed by atoms with Gasteiger partial charge in [-0.3, -0.25) is 9.59 Å². The summed E-state index contributed by atoms with van der Waals surface area (Å²) in [5.41, 5.74) is 3.04. The fraction of sp³-hybridized carbons (Fsp3) is 0.136. The SMILES string of the molecule is CC(NC(=O)c1ccc(/C=C(/Cn2ccnc2)c2ccc(F)cc2)cc1)C(=O)O. The van der Waals surface area contributed by atoms with Crippen molar-refractivity contribution in [3.63, 3.8) is 0 Å². The maximum atomic E-state index is 13.3. The molecule has 0 saturated heterocycles. The molecule has 1 unspecified atom stereocenters. The smallest absolute Gasteiger partial charge is 0.325 e. The van der Waals surface area contributed by atoms with Crippen LogP contribution in [0.25, 0.3) is 11.6 Å². The third-order valence-electron chi connectivity index (χ3n) is 4.36. The summed E-state index contributed by atoms with van der Waals surface area (Å²) in [7, 11) is 0. The van der Waals surface area contributed by atoms with Gasteiger partial charge in [-0.25, -0.2) is 9.37 Å². The Morgan fingerprint density at radius 1 is 1.14 bits per heavy atom. The number of nitrogens with one attached hydrogen (secondary N) is 1. The zero-order chi connectivity index (χ0) is 20.8. The van der Waals surface area contributed by atoms with Gasteiger partial charge in [0.15, 0.2) is 0 Å². The predicted octanol–water partition coefficient (Wildman–Crippen LogP) is 3.47. The normalized spacial score (nSPS) is 12.4. The first-order valence-corrected chi connectivity index (χ1v) is 8.98. The number of allylic oxidation sites excluding steroid dienone is 1. The average Bonchev–Trinajstić information content (AvgIpc) is 3.21. The van der Waals surface area contributed by atoms with Crippen molar-refractivity contribution in [1.82, 2.24) is 14.9 Å². The highest BCUT2D eigenvalue weighted by Crippen LogP contribution is 2.21. The van der Waals surface area contributed by atoms with Gasteiger partial charge in [-0.05, 0) is 54.0 Å². The average molecular weight is 393 g/mol. The summed E-state index contributed by atoms with van der Waals surface area (Å²) in [5.74, 6) is -1.85. The predicted molar refractivity (Wildman–Crippen MR) is 108 cm³/mol. The van der Waals surface area contributed by atoms with Crippen LogP contribution in [0.4, 0.5) is 4.39 Å². The summed E-state index contributed by atoms with van der Waals surface area (Å²) < 4.78 is 15.2. The molecule has 1 amide bonds. The molecule has 0 aliphatic carbocycles. The van der Waals surface area contributed by atoms with Gasteiger partial charge >= 0.3 is 5.97 Å². The van der Waals surface area contributed by atoms with Gasteiger partial charge in [0.2, 0.25) is 0 Å². The van der Waals surface area contributed by atoms with Crippen molar-refractivity contribution in [1.29, 1.82) is 0 Å². The fourth-order valence-corrected chi connectivity index (χ4v) is 2.73. The van der Waals surface area contributed by atoms with Gasteiger partial charge < -0.3 is 15.0 Å². The van der Waals surface area contributed by atoms with E-state index in [4.69, 9.17) is 5.11 Å². The van der Waals surface area contributed by atoms with E-state index < -0.39 is 17.9 Å². The molecule has 1 heterocycles. The number of nitrogens with zero attached hydrogens (tertiary/aromatic N) is 2. The van der Waals surface area contributed by atoms with Crippen LogP contribution in [0.15, 0.2) is 67.3 Å². The molecule has 7 heteroatoms. The molecular weight excluding hydrogens is 373 g/mol. The summed E-state index contributed by atoms with van der Waals surface area (Å²) in [4.78, 5) is 27.0. The molecule has 0 radical (unpaired) electrons. The van der Waals surface area contributed by atoms with Crippen LogP contribution in [0.1, 0.15) is 28.4 Å². The van der Waals surface area contributed by atoms with Gasteiger partial charge in [-0.15, -0.1) is 0 Å². The van der Waals surface area contributed by atoms with Crippen molar-refractivity contribution in [2.24, 2.45) is 0 Å². The van der Waals surface area contributed by atoms with Gasteiger partial charge in [-0.2, -0.15) is 0 Å². The van der Waals surface area contributed by atoms with E-state index in [9.17, 15) is 14.0 Å². The first-order chi connectivity index (χ1) is 13.9. The van der Waals surface area contributed by atoms with Gasteiger partial charge in [-0.1, -0.05) is 24.3 Å². The third kappa shape index (κ3) is 5.38. The zero-order valence-electron chi connectivity index (χ0n) is 15.7. The number of carboxylic acid groups (broad SMARTS) is 1. The van der Waals surface area contributed by atoms with Crippen molar-refractivity contribution in [3.8, 4) is 0 Å². The number of imidazole rings is 1. The molecule has 2 aromatic carbocycles. The maximum Gasteiger partial charge on any atom is 0.325 e. The second-order valence-corrected chi connectivity index (χ2v) is 6.57. The Balaban J connectivity index is 1.84. The van der Waals surface area contributed by atoms with Gasteiger partial charge in [0.1, 0.15) is 11.9 Å². The molecule has 0 aliphatic heterocycles. The van der Waals surface area contributed by atoms with E-state index in [2.05, 4.69) is 10.3 Å². The molecule has 148 valence electrons. The summed E-state index contributed by atoms with van der Waals surface area (Å²) >= 11 is 0. The lowest BCUT2D eigenvalue weighted by Gasteiger charge is -2.11. The van der Waals surface area contributed by atoms with Gasteiger partial charge in [0.05, 0.1) is 6.33 Å². The molecule has 0 spiro atoms. The lowest BCUT2D eigenvalue weighted by Crippen LogP contribution is -2.38. The van der Waals surface area contributed by atoms with Crippen LogP contribution >= 0.6 is 0 Å². The van der Waals surface area contributed by atoms with E-state index in [0.717, 1.165) is 16.7 Å². The van der Waals surface area contributed by atoms with E-state index in [1.807, 2.05) is 16.8 Å². The molecule has 0 saturated carbocycles. The summed E-state index contributed by atoms with van der Waals surface area (Å²) in [6, 6.07) is 12.1. The van der Waals surface area contributed by atoms with Crippen LogP contribution in [0.3, 0.4) is 0 Å². The minimum Gasteiger partial charge on any atom is -0.480 e. The summed E-state index contributed by atoms with van der Waals surface area (Å²) in [5, 5.41) is 11.3. The van der Waals surface area contributed by atoms with Crippen LogP contribution in [0.5, 0.6) is 0 Å². The number of rotatable bonds is 7. The number of carbonyl (C=O) groups excluding carboxylic acids is 1. The Labute approximate surface area is 167 Å². The number of hydrogen-bond acceptors (Lipinski definition) is 3. The standard InChI is InChI=1S/C22H20FN3O3/c1-15(22(28)29)25-21(27)18-4-2-16(3-5-18)12-19(13-26-11-10-24-14-26)17-6-8-20(23)9-7-17/h2-12,14-15H,13H2,1H3,(H,25,27)(H,28,29)/b19-12-. The molecule has 29 heavy (non-hydrogen) atoms. The first kappa shape index (κ1) is 20.0. The zero-order valence-corrected chi connectivity index (χ0v) is 15.7. The van der Waals surface area contributed by atoms with Crippen molar-refractivity contribution in [3.05, 3.63) is 89.8 Å². The summed E-state index contributed by atoms with van der Waals surface area (Å²) in [6.07, 6.45) is 7.19. The first-order valence-electron chi connectivity index (χ1n) is 8.98. The number of aromatic nitrogens is 2. The fourth-order valence-electron chi connectivity index (χ4n) is 2.73. The van der Waals surface area contributed by atoms with E-state index >= 15 is 0 Å². The monoisotopic (exact) mass is 393 g/mol. The lowest BCUT2D eigenvalue weighted by molar-refractivity contribution is -0.138. The van der Waals surface area contributed by atoms with Gasteiger partial charge in [0.25, 0.3) is 5.91 Å². The molecule has 3 rings (SSSR count). The van der Waals surface area contributed by atoms with E-state index in [1.165, 1.54) is 19.1 Å². The Hall–Kier alpha value is -3.74. The number of aliphatic carboxylic acids is 1. The molecule has 1 aromatic heterocycles. The van der Waals surface area contributed by atoms with Crippen LogP contribution < -0.4 is 5.32 Å². The quantitative estimate of drug-likeness (QED) is 0.602. The second kappa shape index (κ2) is 8.97. The van der Waals surface area contributed by atoms with Crippen molar-refractivity contribution in [2.45, 2.75) is 19.5 Å². The van der Waals surface area contributed by atoms with Crippen molar-refractivity contribution >= 4 is 23.5 Å². The Morgan fingerprint density at radius 2 is 1.79 bits per heavy atom. The van der Waals surface area contributed by atoms with E-state index in [0.29, 0.717) is 12.1 Å². The highest BCUT2D eigenvalue weighted by atomic mass is 19.1. The molecule has 3 aromatic rings.